The molecule has 4 aromatic rings. The van der Waals surface area contributed by atoms with E-state index in [-0.39, 0.29) is 10.6 Å². The van der Waals surface area contributed by atoms with Gasteiger partial charge >= 0.3 is 6.18 Å². The molecule has 10 heteroatoms. The van der Waals surface area contributed by atoms with Crippen molar-refractivity contribution in [1.29, 1.82) is 0 Å². The van der Waals surface area contributed by atoms with Crippen LogP contribution in [0.15, 0.2) is 64.3 Å². The van der Waals surface area contributed by atoms with E-state index in [4.69, 9.17) is 0 Å². The van der Waals surface area contributed by atoms with Crippen molar-refractivity contribution in [3.63, 3.8) is 0 Å². The fourth-order valence-electron chi connectivity index (χ4n) is 3.21. The molecule has 0 amide bonds. The summed E-state index contributed by atoms with van der Waals surface area (Å²) in [5.74, 6) is 0. The average Bonchev–Trinajstić information content (AvgIpc) is 3.37. The third kappa shape index (κ3) is 4.26. The molecule has 0 spiro atoms. The first-order chi connectivity index (χ1) is 14.5. The molecule has 2 heterocycles. The minimum atomic E-state index is -4.62. The van der Waals surface area contributed by atoms with Gasteiger partial charge in [0, 0.05) is 22.8 Å². The topological polar surface area (TPSA) is 64.8 Å². The van der Waals surface area contributed by atoms with Gasteiger partial charge in [-0.15, -0.1) is 11.3 Å². The molecule has 0 bridgehead atoms. The highest BCUT2D eigenvalue weighted by atomic mass is 32.2. The summed E-state index contributed by atoms with van der Waals surface area (Å²) in [6, 6.07) is 12.0. The number of nitrogens with zero attached hydrogens (tertiary/aromatic N) is 3. The van der Waals surface area contributed by atoms with Gasteiger partial charge in [0.25, 0.3) is 0 Å². The highest BCUT2D eigenvalue weighted by molar-refractivity contribution is 7.90. The van der Waals surface area contributed by atoms with Crippen molar-refractivity contribution in [2.45, 2.75) is 18.0 Å². The standard InChI is InChI=1S/C21H16F3N3O2S2/c1-13-9-14(18-11-30-12-25-18)3-8-17(13)19-10-20(21(22,23)24)26-27(19)15-4-6-16(7-5-15)31(2,28)29/h3-12H,1-2H3. The Kier molecular flexibility index (Phi) is 5.22. The maximum absolute atomic E-state index is 13.4. The van der Waals surface area contributed by atoms with Gasteiger partial charge in [0.05, 0.1) is 27.5 Å². The molecule has 2 aromatic carbocycles. The van der Waals surface area contributed by atoms with Crippen LogP contribution in [0, 0.1) is 6.92 Å². The SMILES string of the molecule is Cc1cc(-c2cscn2)ccc1-c1cc(C(F)(F)F)nn1-c1ccc(S(C)(=O)=O)cc1. The molecule has 0 radical (unpaired) electrons. The van der Waals surface area contributed by atoms with Gasteiger partial charge in [-0.25, -0.2) is 18.1 Å². The summed E-state index contributed by atoms with van der Waals surface area (Å²) in [6.45, 7) is 1.81. The van der Waals surface area contributed by atoms with Crippen LogP contribution in [0.1, 0.15) is 11.3 Å². The second-order valence-electron chi connectivity index (χ2n) is 6.99. The first-order valence-electron chi connectivity index (χ1n) is 9.01. The Balaban J connectivity index is 1.85. The van der Waals surface area contributed by atoms with E-state index < -0.39 is 21.7 Å². The van der Waals surface area contributed by atoms with Crippen LogP contribution in [0.2, 0.25) is 0 Å². The zero-order valence-corrected chi connectivity index (χ0v) is 18.0. The lowest BCUT2D eigenvalue weighted by atomic mass is 10.0. The van der Waals surface area contributed by atoms with Crippen molar-refractivity contribution in [2.75, 3.05) is 6.26 Å². The summed E-state index contributed by atoms with van der Waals surface area (Å²) in [4.78, 5) is 4.34. The van der Waals surface area contributed by atoms with E-state index in [9.17, 15) is 21.6 Å². The number of alkyl halides is 3. The predicted molar refractivity (Wildman–Crippen MR) is 113 cm³/mol. The Labute approximate surface area is 180 Å². The van der Waals surface area contributed by atoms with Crippen molar-refractivity contribution in [2.24, 2.45) is 0 Å². The molecule has 0 aliphatic heterocycles. The fourth-order valence-corrected chi connectivity index (χ4v) is 4.40. The van der Waals surface area contributed by atoms with Gasteiger partial charge in [0.1, 0.15) is 0 Å². The van der Waals surface area contributed by atoms with Crippen molar-refractivity contribution in [3.8, 4) is 28.2 Å². The molecule has 4 rings (SSSR count). The first-order valence-corrected chi connectivity index (χ1v) is 11.8. The van der Waals surface area contributed by atoms with Gasteiger partial charge in [-0.1, -0.05) is 12.1 Å². The number of aromatic nitrogens is 3. The van der Waals surface area contributed by atoms with E-state index in [0.29, 0.717) is 11.3 Å². The van der Waals surface area contributed by atoms with Crippen LogP contribution >= 0.6 is 11.3 Å². The second-order valence-corrected chi connectivity index (χ2v) is 9.73. The van der Waals surface area contributed by atoms with E-state index in [0.717, 1.165) is 29.1 Å². The monoisotopic (exact) mass is 463 g/mol. The summed E-state index contributed by atoms with van der Waals surface area (Å²) < 4.78 is 64.9. The summed E-state index contributed by atoms with van der Waals surface area (Å²) in [5.41, 5.74) is 4.24. The predicted octanol–water partition coefficient (Wildman–Crippen LogP) is 5.39. The number of sulfone groups is 1. The second kappa shape index (κ2) is 7.61. The number of benzene rings is 2. The molecule has 0 N–H and O–H groups in total. The molecular formula is C21H16F3N3O2S2. The maximum atomic E-state index is 13.4. The number of rotatable bonds is 4. The quantitative estimate of drug-likeness (QED) is 0.407. The van der Waals surface area contributed by atoms with E-state index >= 15 is 0 Å². The summed E-state index contributed by atoms with van der Waals surface area (Å²) in [6.07, 6.45) is -3.56. The molecule has 0 unspecified atom stereocenters. The lowest BCUT2D eigenvalue weighted by molar-refractivity contribution is -0.141. The normalized spacial score (nSPS) is 12.3. The minimum Gasteiger partial charge on any atom is -0.245 e. The molecule has 0 saturated carbocycles. The van der Waals surface area contributed by atoms with Crippen molar-refractivity contribution < 1.29 is 21.6 Å². The smallest absolute Gasteiger partial charge is 0.245 e. The van der Waals surface area contributed by atoms with Crippen LogP contribution < -0.4 is 0 Å². The summed E-state index contributed by atoms with van der Waals surface area (Å²) >= 11 is 1.46. The number of hydrogen-bond acceptors (Lipinski definition) is 5. The third-order valence-electron chi connectivity index (χ3n) is 4.74. The molecule has 5 nitrogen and oxygen atoms in total. The van der Waals surface area contributed by atoms with Gasteiger partial charge in [-0.2, -0.15) is 18.3 Å². The van der Waals surface area contributed by atoms with Crippen LogP contribution in [0.3, 0.4) is 0 Å². The van der Waals surface area contributed by atoms with Crippen LogP contribution in [0.5, 0.6) is 0 Å². The van der Waals surface area contributed by atoms with E-state index in [1.54, 1.807) is 17.6 Å². The first kappa shape index (κ1) is 21.3. The fraction of sp³-hybridized carbons (Fsp3) is 0.143. The lowest BCUT2D eigenvalue weighted by Gasteiger charge is -2.11. The Morgan fingerprint density at radius 3 is 2.29 bits per heavy atom. The Hall–Kier alpha value is -2.98. The summed E-state index contributed by atoms with van der Waals surface area (Å²) in [5, 5.41) is 5.66. The molecular weight excluding hydrogens is 447 g/mol. The van der Waals surface area contributed by atoms with Crippen molar-refractivity contribution in [3.05, 3.63) is 70.7 Å². The number of halogens is 3. The summed E-state index contributed by atoms with van der Waals surface area (Å²) in [7, 11) is -3.43. The zero-order chi connectivity index (χ0) is 22.4. The Morgan fingerprint density at radius 2 is 1.74 bits per heavy atom. The van der Waals surface area contributed by atoms with Gasteiger partial charge in [-0.3, -0.25) is 0 Å². The lowest BCUT2D eigenvalue weighted by Crippen LogP contribution is -2.07. The molecule has 0 aliphatic carbocycles. The van der Waals surface area contributed by atoms with Crippen LogP contribution in [-0.4, -0.2) is 29.4 Å². The highest BCUT2D eigenvalue weighted by Gasteiger charge is 2.35. The van der Waals surface area contributed by atoms with Gasteiger partial charge in [0.15, 0.2) is 15.5 Å². The molecule has 0 aliphatic rings. The molecule has 2 aromatic heterocycles. The van der Waals surface area contributed by atoms with Crippen LogP contribution in [0.4, 0.5) is 13.2 Å². The van der Waals surface area contributed by atoms with Gasteiger partial charge < -0.3 is 0 Å². The molecule has 31 heavy (non-hydrogen) atoms. The van der Waals surface area contributed by atoms with Crippen LogP contribution in [-0.2, 0) is 16.0 Å². The zero-order valence-electron chi connectivity index (χ0n) is 16.4. The van der Waals surface area contributed by atoms with Crippen LogP contribution in [0.25, 0.3) is 28.2 Å². The molecule has 0 fully saturated rings. The van der Waals surface area contributed by atoms with E-state index in [2.05, 4.69) is 10.1 Å². The average molecular weight is 464 g/mol. The number of thiazole rings is 1. The van der Waals surface area contributed by atoms with E-state index in [1.165, 1.54) is 40.3 Å². The Morgan fingerprint density at radius 1 is 1.03 bits per heavy atom. The molecule has 0 atom stereocenters. The Bertz CT molecular complexity index is 1340. The third-order valence-corrected chi connectivity index (χ3v) is 6.45. The van der Waals surface area contributed by atoms with Crippen molar-refractivity contribution in [1.82, 2.24) is 14.8 Å². The maximum Gasteiger partial charge on any atom is 0.435 e. The molecule has 160 valence electrons. The van der Waals surface area contributed by atoms with Gasteiger partial charge in [-0.05, 0) is 48.9 Å². The number of hydrogen-bond donors (Lipinski definition) is 0. The van der Waals surface area contributed by atoms with Crippen molar-refractivity contribution >= 4 is 21.2 Å². The number of aryl methyl sites for hydroxylation is 1. The highest BCUT2D eigenvalue weighted by Crippen LogP contribution is 2.35. The molecule has 0 saturated heterocycles. The largest absolute Gasteiger partial charge is 0.435 e. The van der Waals surface area contributed by atoms with Gasteiger partial charge in [0.2, 0.25) is 0 Å². The van der Waals surface area contributed by atoms with E-state index in [1.807, 2.05) is 18.4 Å². The minimum absolute atomic E-state index is 0.0739.